The van der Waals surface area contributed by atoms with Crippen molar-refractivity contribution >= 4 is 67.7 Å². The summed E-state index contributed by atoms with van der Waals surface area (Å²) < 4.78 is 75.3. The SMILES string of the molecule is C=C[C@H]1[C@H](O)[C@@H](COP(=O)(S)OP(=O)(O)OC2OC3(OC(C)=O)C2C(O)C(OC(C)=O)C3[C@H](COC(C)=O)OC(C)=O)O[C@H]1n1cnc2c(N)ncnc21. The number of aromatic nitrogens is 4. The number of nitrogens with two attached hydrogens (primary N) is 1. The molecule has 0 amide bonds. The van der Waals surface area contributed by atoms with Crippen molar-refractivity contribution < 1.29 is 85.2 Å². The van der Waals surface area contributed by atoms with Crippen LogP contribution < -0.4 is 5.73 Å². The van der Waals surface area contributed by atoms with Crippen LogP contribution in [-0.4, -0.2) is 114 Å². The first-order valence-electron chi connectivity index (χ1n) is 15.8. The molecule has 298 valence electrons. The number of nitrogens with zero attached hydrogens (tertiary/aromatic N) is 4. The molecule has 0 spiro atoms. The van der Waals surface area contributed by atoms with Gasteiger partial charge in [-0.05, 0) is 0 Å². The van der Waals surface area contributed by atoms with Crippen LogP contribution >= 0.6 is 26.9 Å². The number of nitrogen functional groups attached to an aromatic ring is 1. The molecule has 26 heteroatoms. The molecule has 0 aromatic carbocycles. The third kappa shape index (κ3) is 8.48. The number of phosphoric ester groups is 1. The fourth-order valence-electron chi connectivity index (χ4n) is 6.64. The van der Waals surface area contributed by atoms with Crippen LogP contribution in [0.5, 0.6) is 0 Å². The summed E-state index contributed by atoms with van der Waals surface area (Å²) in [6.07, 6.45) is -6.77. The lowest BCUT2D eigenvalue weighted by molar-refractivity contribution is -0.426. The smallest absolute Gasteiger partial charge is 0.462 e. The highest BCUT2D eigenvalue weighted by molar-refractivity contribution is 8.45. The minimum Gasteiger partial charge on any atom is -0.462 e. The van der Waals surface area contributed by atoms with Crippen molar-refractivity contribution in [2.24, 2.45) is 17.8 Å². The van der Waals surface area contributed by atoms with Gasteiger partial charge < -0.3 is 49.3 Å². The third-order valence-electron chi connectivity index (χ3n) is 8.55. The van der Waals surface area contributed by atoms with Gasteiger partial charge in [0.2, 0.25) is 5.79 Å². The van der Waals surface area contributed by atoms with E-state index in [2.05, 4.69) is 33.8 Å². The number of esters is 4. The molecule has 2 aromatic rings. The number of rotatable bonds is 15. The van der Waals surface area contributed by atoms with Crippen molar-refractivity contribution in [2.75, 3.05) is 18.9 Å². The van der Waals surface area contributed by atoms with Gasteiger partial charge in [0, 0.05) is 27.7 Å². The van der Waals surface area contributed by atoms with Gasteiger partial charge in [0.1, 0.15) is 60.9 Å². The van der Waals surface area contributed by atoms with Crippen molar-refractivity contribution in [3.8, 4) is 0 Å². The molecule has 54 heavy (non-hydrogen) atoms. The molecule has 1 aliphatic carbocycles. The molecule has 2 aromatic heterocycles. The van der Waals surface area contributed by atoms with E-state index >= 15 is 0 Å². The monoisotopic (exact) mass is 825 g/mol. The van der Waals surface area contributed by atoms with E-state index in [1.807, 2.05) is 0 Å². The molecule has 8 unspecified atom stereocenters. The molecule has 23 nitrogen and oxygen atoms in total. The highest BCUT2D eigenvalue weighted by Crippen LogP contribution is 2.68. The molecular weight excluding hydrogens is 788 g/mol. The maximum atomic E-state index is 13.2. The summed E-state index contributed by atoms with van der Waals surface area (Å²) in [6, 6.07) is 0. The van der Waals surface area contributed by atoms with Gasteiger partial charge in [-0.3, -0.25) is 32.8 Å². The van der Waals surface area contributed by atoms with E-state index in [1.165, 1.54) is 23.3 Å². The third-order valence-corrected chi connectivity index (χ3v) is 12.2. The number of aliphatic hydroxyl groups is 2. The average molecular weight is 826 g/mol. The van der Waals surface area contributed by atoms with Crippen molar-refractivity contribution in [3.05, 3.63) is 25.3 Å². The average Bonchev–Trinajstić information content (AvgIpc) is 3.65. The maximum absolute atomic E-state index is 13.2. The highest BCUT2D eigenvalue weighted by atomic mass is 32.7. The van der Waals surface area contributed by atoms with Crippen molar-refractivity contribution in [3.63, 3.8) is 0 Å². The summed E-state index contributed by atoms with van der Waals surface area (Å²) in [5.74, 6) is -10.1. The molecule has 5 rings (SSSR count). The van der Waals surface area contributed by atoms with Gasteiger partial charge in [-0.15, -0.1) is 6.58 Å². The van der Waals surface area contributed by atoms with Crippen LogP contribution in [0.15, 0.2) is 25.3 Å². The zero-order chi connectivity index (χ0) is 39.9. The molecule has 2 saturated heterocycles. The van der Waals surface area contributed by atoms with Gasteiger partial charge in [-0.1, -0.05) is 18.3 Å². The van der Waals surface area contributed by atoms with Crippen molar-refractivity contribution in [2.45, 2.75) is 76.5 Å². The summed E-state index contributed by atoms with van der Waals surface area (Å²) >= 11 is 3.75. The van der Waals surface area contributed by atoms with Gasteiger partial charge in [-0.25, -0.2) is 24.1 Å². The number of carbonyl (C=O) groups excluding carboxylic acids is 4. The van der Waals surface area contributed by atoms with E-state index in [0.29, 0.717) is 0 Å². The number of carbonyl (C=O) groups is 4. The molecule has 1 saturated carbocycles. The lowest BCUT2D eigenvalue weighted by Crippen LogP contribution is -2.67. The lowest BCUT2D eigenvalue weighted by Gasteiger charge is -2.52. The summed E-state index contributed by atoms with van der Waals surface area (Å²) in [4.78, 5) is 70.8. The number of hydrogen-bond acceptors (Lipinski definition) is 21. The van der Waals surface area contributed by atoms with Gasteiger partial charge in [-0.2, -0.15) is 4.31 Å². The summed E-state index contributed by atoms with van der Waals surface area (Å²) in [6.45, 7) is 1.41. The van der Waals surface area contributed by atoms with E-state index in [-0.39, 0.29) is 17.0 Å². The first-order chi connectivity index (χ1) is 25.2. The zero-order valence-corrected chi connectivity index (χ0v) is 31.5. The minimum atomic E-state index is -5.55. The largest absolute Gasteiger partial charge is 0.482 e. The molecule has 2 aliphatic heterocycles. The Balaban J connectivity index is 1.30. The van der Waals surface area contributed by atoms with E-state index in [0.717, 1.165) is 27.7 Å². The normalized spacial score (nSPS) is 33.0. The summed E-state index contributed by atoms with van der Waals surface area (Å²) in [5, 5.41) is 22.3. The van der Waals surface area contributed by atoms with E-state index in [4.69, 9.17) is 47.5 Å². The molecule has 0 bridgehead atoms. The van der Waals surface area contributed by atoms with Gasteiger partial charge >= 0.3 is 38.5 Å². The van der Waals surface area contributed by atoms with Gasteiger partial charge in [0.15, 0.2) is 17.8 Å². The van der Waals surface area contributed by atoms with Crippen LogP contribution in [0.1, 0.15) is 33.9 Å². The Labute approximate surface area is 310 Å². The standard InChI is InChI=1S/C28H37N5O18P2S/c1-6-15-21(38)17(47-26(15)33-10-32-20-24(29)30-9-31-25(20)33)8-44-53(42,54)51-52(40,41)50-27-19-22(39)23(46-13(4)36)18(28(19,49-27)48-14(5)37)16(45-12(3)35)7-43-11(2)34/h6,9-10,15-19,21-23,26-27,38-39H,1,7-8H2,2-5H3,(H,40,41)(H,42,54)(H2,29,30,31)/t15-,16-,17+,18?,19?,21-,22?,23?,26+,27?,28?,53?/m0/s1. The number of thiol groups is 1. The Hall–Kier alpha value is -3.54. The predicted octanol–water partition coefficient (Wildman–Crippen LogP) is 0.306. The highest BCUT2D eigenvalue weighted by Gasteiger charge is 2.78. The van der Waals surface area contributed by atoms with E-state index in [1.54, 1.807) is 0 Å². The van der Waals surface area contributed by atoms with E-state index < -0.39 is 118 Å². The number of imidazole rings is 1. The first-order valence-corrected chi connectivity index (χ1v) is 20.0. The second-order valence-corrected chi connectivity index (χ2v) is 16.7. The summed E-state index contributed by atoms with van der Waals surface area (Å²) in [7, 11) is -5.55. The van der Waals surface area contributed by atoms with Gasteiger partial charge in [0.25, 0.3) is 0 Å². The Morgan fingerprint density at radius 1 is 1.09 bits per heavy atom. The molecule has 3 aliphatic rings. The van der Waals surface area contributed by atoms with Crippen LogP contribution in [0.25, 0.3) is 11.2 Å². The lowest BCUT2D eigenvalue weighted by atomic mass is 9.85. The fourth-order valence-corrected chi connectivity index (χ4v) is 9.83. The Bertz CT molecular complexity index is 1900. The number of ether oxygens (including phenoxy) is 6. The molecule has 4 heterocycles. The van der Waals surface area contributed by atoms with Crippen LogP contribution in [0.3, 0.4) is 0 Å². The van der Waals surface area contributed by atoms with Crippen LogP contribution in [0, 0.1) is 17.8 Å². The Morgan fingerprint density at radius 2 is 1.80 bits per heavy atom. The molecule has 0 radical (unpaired) electrons. The predicted molar refractivity (Wildman–Crippen MR) is 178 cm³/mol. The molecular formula is C28H37N5O18P2S. The minimum absolute atomic E-state index is 0.0949. The quantitative estimate of drug-likeness (QED) is 0.0530. The van der Waals surface area contributed by atoms with Crippen molar-refractivity contribution in [1.29, 1.82) is 0 Å². The topological polar surface area (TPSA) is 316 Å². The molecule has 13 atom stereocenters. The number of fused-ring (bicyclic) bond motifs is 2. The van der Waals surface area contributed by atoms with E-state index in [9.17, 15) is 43.4 Å². The second-order valence-electron chi connectivity index (χ2n) is 12.2. The Morgan fingerprint density at radius 3 is 2.41 bits per heavy atom. The first kappa shape index (κ1) is 41.6. The number of hydrogen-bond donors (Lipinski definition) is 5. The van der Waals surface area contributed by atoms with Crippen molar-refractivity contribution in [1.82, 2.24) is 19.5 Å². The zero-order valence-electron chi connectivity index (χ0n) is 28.8. The fraction of sp³-hybridized carbons (Fsp3) is 0.607. The second kappa shape index (κ2) is 15.9. The molecule has 3 fully saturated rings. The van der Waals surface area contributed by atoms with Gasteiger partial charge in [0.05, 0.1) is 25.0 Å². The number of aliphatic hydroxyl groups excluding tert-OH is 2. The van der Waals surface area contributed by atoms with Crippen LogP contribution in [0.4, 0.5) is 5.82 Å². The Kier molecular flexibility index (Phi) is 12.3. The molecule has 5 N–H and O–H groups in total. The number of anilines is 1. The number of phosphoric acid groups is 1. The summed E-state index contributed by atoms with van der Waals surface area (Å²) in [5.41, 5.74) is 6.40. The van der Waals surface area contributed by atoms with Crippen LogP contribution in [-0.2, 0) is 70.1 Å². The maximum Gasteiger partial charge on any atom is 0.482 e. The van der Waals surface area contributed by atoms with Crippen LogP contribution in [0.2, 0.25) is 0 Å².